The summed E-state index contributed by atoms with van der Waals surface area (Å²) in [6, 6.07) is 5.01. The standard InChI is InChI=1S/C15H19N5O2/c1-9-5-6-10(12(16)21)11(7-9)18-14(22)13-17-8-20(19-13)15(2,3)4/h5-8H,1-4H3,(H2,16,21)(H,18,22). The summed E-state index contributed by atoms with van der Waals surface area (Å²) in [5.41, 5.74) is 6.54. The van der Waals surface area contributed by atoms with Gasteiger partial charge in [0.05, 0.1) is 16.8 Å². The molecular formula is C15H19N5O2. The minimum absolute atomic E-state index is 0.0341. The molecule has 0 saturated heterocycles. The second-order valence-electron chi connectivity index (χ2n) is 6.05. The summed E-state index contributed by atoms with van der Waals surface area (Å²) in [6.07, 6.45) is 1.50. The summed E-state index contributed by atoms with van der Waals surface area (Å²) in [7, 11) is 0. The Kier molecular flexibility index (Phi) is 3.99. The molecule has 7 nitrogen and oxygen atoms in total. The van der Waals surface area contributed by atoms with Crippen LogP contribution in [-0.2, 0) is 5.54 Å². The number of hydrogen-bond acceptors (Lipinski definition) is 4. The smallest absolute Gasteiger partial charge is 0.295 e. The molecule has 22 heavy (non-hydrogen) atoms. The van der Waals surface area contributed by atoms with Crippen molar-refractivity contribution in [3.63, 3.8) is 0 Å². The van der Waals surface area contributed by atoms with E-state index in [2.05, 4.69) is 15.4 Å². The molecule has 0 aliphatic rings. The van der Waals surface area contributed by atoms with Crippen LogP contribution in [0.1, 0.15) is 47.3 Å². The van der Waals surface area contributed by atoms with Crippen LogP contribution < -0.4 is 11.1 Å². The van der Waals surface area contributed by atoms with Gasteiger partial charge in [0.2, 0.25) is 5.82 Å². The highest BCUT2D eigenvalue weighted by Gasteiger charge is 2.19. The maximum atomic E-state index is 12.2. The van der Waals surface area contributed by atoms with Crippen molar-refractivity contribution in [1.29, 1.82) is 0 Å². The number of aryl methyl sites for hydroxylation is 1. The highest BCUT2D eigenvalue weighted by atomic mass is 16.2. The molecule has 7 heteroatoms. The molecule has 0 saturated carbocycles. The Balaban J connectivity index is 2.28. The predicted molar refractivity (Wildman–Crippen MR) is 82.7 cm³/mol. The van der Waals surface area contributed by atoms with E-state index in [-0.39, 0.29) is 16.9 Å². The van der Waals surface area contributed by atoms with Crippen molar-refractivity contribution >= 4 is 17.5 Å². The van der Waals surface area contributed by atoms with Crippen molar-refractivity contribution in [3.8, 4) is 0 Å². The summed E-state index contributed by atoms with van der Waals surface area (Å²) in [5, 5.41) is 6.79. The van der Waals surface area contributed by atoms with Crippen molar-refractivity contribution < 1.29 is 9.59 Å². The second-order valence-corrected chi connectivity index (χ2v) is 6.05. The van der Waals surface area contributed by atoms with Crippen LogP contribution >= 0.6 is 0 Å². The van der Waals surface area contributed by atoms with Crippen molar-refractivity contribution in [2.45, 2.75) is 33.2 Å². The summed E-state index contributed by atoms with van der Waals surface area (Å²) < 4.78 is 1.60. The van der Waals surface area contributed by atoms with Gasteiger partial charge in [0, 0.05) is 0 Å². The molecule has 0 bridgehead atoms. The zero-order valence-corrected chi connectivity index (χ0v) is 13.0. The molecule has 2 aromatic rings. The average molecular weight is 301 g/mol. The summed E-state index contributed by atoms with van der Waals surface area (Å²) >= 11 is 0. The van der Waals surface area contributed by atoms with Crippen molar-refractivity contribution in [2.75, 3.05) is 5.32 Å². The fraction of sp³-hybridized carbons (Fsp3) is 0.333. The molecule has 1 aromatic heterocycles. The molecule has 1 heterocycles. The highest BCUT2D eigenvalue weighted by molar-refractivity contribution is 6.07. The van der Waals surface area contributed by atoms with Crippen LogP contribution in [0.2, 0.25) is 0 Å². The number of anilines is 1. The number of rotatable bonds is 3. The molecule has 3 N–H and O–H groups in total. The fourth-order valence-corrected chi connectivity index (χ4v) is 1.84. The van der Waals surface area contributed by atoms with E-state index >= 15 is 0 Å². The number of primary amides is 1. The third-order valence-electron chi connectivity index (χ3n) is 3.07. The highest BCUT2D eigenvalue weighted by Crippen LogP contribution is 2.18. The molecule has 0 spiro atoms. The molecule has 116 valence electrons. The lowest BCUT2D eigenvalue weighted by molar-refractivity contribution is 0.100. The number of aromatic nitrogens is 3. The summed E-state index contributed by atoms with van der Waals surface area (Å²) in [4.78, 5) is 27.7. The first kappa shape index (κ1) is 15.7. The van der Waals surface area contributed by atoms with Gasteiger partial charge in [-0.15, -0.1) is 5.10 Å². The molecule has 2 rings (SSSR count). The Morgan fingerprint density at radius 3 is 2.50 bits per heavy atom. The number of amides is 2. The number of nitrogens with zero attached hydrogens (tertiary/aromatic N) is 3. The molecule has 0 radical (unpaired) electrons. The number of carbonyl (C=O) groups is 2. The lowest BCUT2D eigenvalue weighted by atomic mass is 10.1. The molecule has 0 unspecified atom stereocenters. The number of benzene rings is 1. The third kappa shape index (κ3) is 3.30. The van der Waals surface area contributed by atoms with E-state index in [0.717, 1.165) is 5.56 Å². The van der Waals surface area contributed by atoms with E-state index in [9.17, 15) is 9.59 Å². The summed E-state index contributed by atoms with van der Waals surface area (Å²) in [6.45, 7) is 7.71. The quantitative estimate of drug-likeness (QED) is 0.900. The van der Waals surface area contributed by atoms with Gasteiger partial charge in [0.25, 0.3) is 11.8 Å². The van der Waals surface area contributed by atoms with Gasteiger partial charge in [-0.05, 0) is 45.4 Å². The first-order valence-corrected chi connectivity index (χ1v) is 6.82. The van der Waals surface area contributed by atoms with E-state index in [1.807, 2.05) is 27.7 Å². The molecule has 1 aromatic carbocycles. The van der Waals surface area contributed by atoms with Crippen LogP contribution in [0.3, 0.4) is 0 Å². The Morgan fingerprint density at radius 2 is 1.95 bits per heavy atom. The zero-order chi connectivity index (χ0) is 16.5. The van der Waals surface area contributed by atoms with Crippen LogP contribution in [0, 0.1) is 6.92 Å². The van der Waals surface area contributed by atoms with E-state index in [0.29, 0.717) is 5.69 Å². The van der Waals surface area contributed by atoms with Crippen molar-refractivity contribution in [1.82, 2.24) is 14.8 Å². The number of carbonyl (C=O) groups excluding carboxylic acids is 2. The minimum Gasteiger partial charge on any atom is -0.366 e. The van der Waals surface area contributed by atoms with Gasteiger partial charge in [-0.25, -0.2) is 9.67 Å². The van der Waals surface area contributed by atoms with Crippen LogP contribution in [-0.4, -0.2) is 26.6 Å². The van der Waals surface area contributed by atoms with Crippen LogP contribution in [0.5, 0.6) is 0 Å². The van der Waals surface area contributed by atoms with Crippen LogP contribution in [0.25, 0.3) is 0 Å². The van der Waals surface area contributed by atoms with Gasteiger partial charge < -0.3 is 11.1 Å². The normalized spacial score (nSPS) is 11.3. The molecule has 0 atom stereocenters. The average Bonchev–Trinajstić information content (AvgIpc) is 2.87. The van der Waals surface area contributed by atoms with Gasteiger partial charge in [-0.1, -0.05) is 6.07 Å². The zero-order valence-electron chi connectivity index (χ0n) is 13.0. The number of nitrogens with two attached hydrogens (primary N) is 1. The molecular weight excluding hydrogens is 282 g/mol. The largest absolute Gasteiger partial charge is 0.366 e. The lowest BCUT2D eigenvalue weighted by Crippen LogP contribution is -2.24. The SMILES string of the molecule is Cc1ccc(C(N)=O)c(NC(=O)c2ncn(C(C)(C)C)n2)c1. The topological polar surface area (TPSA) is 103 Å². The van der Waals surface area contributed by atoms with Gasteiger partial charge in [-0.2, -0.15) is 0 Å². The van der Waals surface area contributed by atoms with Crippen LogP contribution in [0.4, 0.5) is 5.69 Å². The molecule has 0 fully saturated rings. The predicted octanol–water partition coefficient (Wildman–Crippen LogP) is 1.69. The third-order valence-corrected chi connectivity index (χ3v) is 3.07. The fourth-order valence-electron chi connectivity index (χ4n) is 1.84. The van der Waals surface area contributed by atoms with Crippen molar-refractivity contribution in [2.24, 2.45) is 5.73 Å². The van der Waals surface area contributed by atoms with E-state index in [4.69, 9.17) is 5.73 Å². The minimum atomic E-state index is -0.608. The Morgan fingerprint density at radius 1 is 1.27 bits per heavy atom. The van der Waals surface area contributed by atoms with E-state index in [1.165, 1.54) is 6.33 Å². The number of nitrogens with one attached hydrogen (secondary N) is 1. The first-order valence-electron chi connectivity index (χ1n) is 6.82. The van der Waals surface area contributed by atoms with Crippen molar-refractivity contribution in [3.05, 3.63) is 41.5 Å². The molecule has 2 amide bonds. The van der Waals surface area contributed by atoms with E-state index in [1.54, 1.807) is 22.9 Å². The first-order chi connectivity index (χ1) is 10.2. The monoisotopic (exact) mass is 301 g/mol. The van der Waals surface area contributed by atoms with Gasteiger partial charge in [0.15, 0.2) is 0 Å². The van der Waals surface area contributed by atoms with Crippen LogP contribution in [0.15, 0.2) is 24.5 Å². The lowest BCUT2D eigenvalue weighted by Gasteiger charge is -2.17. The second kappa shape index (κ2) is 5.59. The molecule has 0 aliphatic heterocycles. The van der Waals surface area contributed by atoms with Gasteiger partial charge >= 0.3 is 0 Å². The Hall–Kier alpha value is -2.70. The summed E-state index contributed by atoms with van der Waals surface area (Å²) in [5.74, 6) is -1.06. The number of hydrogen-bond donors (Lipinski definition) is 2. The van der Waals surface area contributed by atoms with Gasteiger partial charge in [0.1, 0.15) is 6.33 Å². The molecule has 0 aliphatic carbocycles. The maximum Gasteiger partial charge on any atom is 0.295 e. The maximum absolute atomic E-state index is 12.2. The van der Waals surface area contributed by atoms with E-state index < -0.39 is 11.8 Å². The van der Waals surface area contributed by atoms with Gasteiger partial charge in [-0.3, -0.25) is 9.59 Å². The Bertz CT molecular complexity index is 728. The Labute approximate surface area is 128 Å².